The summed E-state index contributed by atoms with van der Waals surface area (Å²) in [4.78, 5) is 24.9. The van der Waals surface area contributed by atoms with Crippen molar-refractivity contribution in [3.05, 3.63) is 365 Å². The smallest absolute Gasteiger partial charge is 0.872 e. The maximum atomic E-state index is 11.7. The van der Waals surface area contributed by atoms with Gasteiger partial charge in [-0.25, -0.2) is 29.9 Å². The summed E-state index contributed by atoms with van der Waals surface area (Å²) in [6, 6.07) is 98.3. The summed E-state index contributed by atoms with van der Waals surface area (Å²) in [6.45, 7) is 0. The summed E-state index contributed by atoms with van der Waals surface area (Å²) in [6.07, 6.45) is 9.82. The van der Waals surface area contributed by atoms with Crippen molar-refractivity contribution in [3.63, 3.8) is 0 Å². The molecule has 0 radical (unpaired) electrons. The van der Waals surface area contributed by atoms with Gasteiger partial charge in [-0.1, -0.05) is 362 Å². The van der Waals surface area contributed by atoms with Crippen molar-refractivity contribution in [1.29, 1.82) is 0 Å². The maximum absolute atomic E-state index is 11.7. The summed E-state index contributed by atoms with van der Waals surface area (Å²) in [5, 5.41) is 70.0. The molecule has 6 heterocycles. The summed E-state index contributed by atoms with van der Waals surface area (Å²) in [5.74, 6) is 5.62. The average Bonchev–Trinajstić information content (AvgIpc) is 1.74. The number of rotatable bonds is 12. The topological polar surface area (TPSA) is 295 Å². The SMILES string of the molecule is [O-]c1ccccc1-c1ncc(-c2ccccc2)o1.[O-]c1ccccc1-c1ncc(-c2ccccc2)o1.[O-]c1ccccc1-c1ncc(-c2ccccc2)o1.[O-]c1ccccc1-c1ncc(-c2ccccc2)o1.[O-]c1ccccc1-c1ncc(-c2ccccc2)o1.[O-]c1ccccc1-c1ncc(-c2ccccc2)o1.[Zn+2].[Zn+2].[Zn+2]. The largest absolute Gasteiger partial charge is 2.00 e. The molecular formula is C90H60N6O12Zn3. The van der Waals surface area contributed by atoms with E-state index < -0.39 is 0 Å². The summed E-state index contributed by atoms with van der Waals surface area (Å²) >= 11 is 0. The Morgan fingerprint density at radius 2 is 0.270 bits per heavy atom. The fourth-order valence-electron chi connectivity index (χ4n) is 10.7. The first-order valence-electron chi connectivity index (χ1n) is 33.7. The molecule has 0 amide bonds. The zero-order valence-corrected chi connectivity index (χ0v) is 68.2. The van der Waals surface area contributed by atoms with Crippen LogP contribution in [0.4, 0.5) is 0 Å². The number of oxazole rings is 6. The molecule has 0 aliphatic heterocycles. The van der Waals surface area contributed by atoms with Gasteiger partial charge in [0.25, 0.3) is 0 Å². The zero-order valence-electron chi connectivity index (χ0n) is 59.3. The molecule has 21 heteroatoms. The molecule has 0 aliphatic carbocycles. The predicted octanol–water partition coefficient (Wildman–Crippen LogP) is 18.5. The Hall–Kier alpha value is -13.4. The monoisotopic (exact) mass is 1610 g/mol. The second kappa shape index (κ2) is 40.0. The van der Waals surface area contributed by atoms with Crippen LogP contribution in [0, 0.1) is 0 Å². The van der Waals surface area contributed by atoms with E-state index in [1.807, 2.05) is 182 Å². The Kier molecular flexibility index (Phi) is 28.8. The van der Waals surface area contributed by atoms with Crippen molar-refractivity contribution in [1.82, 2.24) is 29.9 Å². The Morgan fingerprint density at radius 3 is 0.396 bits per heavy atom. The van der Waals surface area contributed by atoms with Crippen LogP contribution in [0.1, 0.15) is 0 Å². The molecule has 18 aromatic rings. The van der Waals surface area contributed by atoms with E-state index in [1.54, 1.807) is 146 Å². The van der Waals surface area contributed by atoms with Crippen LogP contribution in [0.3, 0.4) is 0 Å². The third kappa shape index (κ3) is 21.0. The van der Waals surface area contributed by atoms with E-state index in [9.17, 15) is 30.6 Å². The van der Waals surface area contributed by atoms with E-state index in [-0.39, 0.29) is 92.9 Å². The van der Waals surface area contributed by atoms with Gasteiger partial charge in [0, 0.05) is 66.8 Å². The minimum atomic E-state index is -0.0843. The molecule has 0 spiro atoms. The van der Waals surface area contributed by atoms with Crippen LogP contribution in [0.15, 0.2) is 391 Å². The number of hydrogen-bond acceptors (Lipinski definition) is 18. The van der Waals surface area contributed by atoms with Gasteiger partial charge in [0.2, 0.25) is 35.3 Å². The van der Waals surface area contributed by atoms with Gasteiger partial charge < -0.3 is 57.1 Å². The molecule has 0 atom stereocenters. The number of benzene rings is 12. The molecule has 0 bridgehead atoms. The number of aromatic nitrogens is 6. The van der Waals surface area contributed by atoms with E-state index in [2.05, 4.69) is 29.9 Å². The van der Waals surface area contributed by atoms with Gasteiger partial charge in [0.1, 0.15) is 0 Å². The molecule has 18 rings (SSSR count). The Bertz CT molecular complexity index is 4900. The second-order valence-electron chi connectivity index (χ2n) is 23.4. The first kappa shape index (κ1) is 80.1. The van der Waals surface area contributed by atoms with E-state index >= 15 is 0 Å². The number of hydrogen-bond donors (Lipinski definition) is 0. The molecule has 0 saturated heterocycles. The number of nitrogens with zero attached hydrogens (tertiary/aromatic N) is 6. The quantitative estimate of drug-likeness (QED) is 0.103. The molecule has 6 aromatic heterocycles. The Balaban J connectivity index is 0.000000141. The molecule has 0 fully saturated rings. The molecule has 0 unspecified atom stereocenters. The van der Waals surface area contributed by atoms with Crippen molar-refractivity contribution >= 4 is 0 Å². The first-order chi connectivity index (χ1) is 53.1. The maximum Gasteiger partial charge on any atom is 2.00 e. The molecule has 0 aliphatic rings. The second-order valence-corrected chi connectivity index (χ2v) is 23.4. The first-order valence-corrected chi connectivity index (χ1v) is 33.7. The van der Waals surface area contributed by atoms with Gasteiger partial charge in [-0.3, -0.25) is 0 Å². The van der Waals surface area contributed by atoms with Crippen molar-refractivity contribution in [2.45, 2.75) is 0 Å². The van der Waals surface area contributed by atoms with Gasteiger partial charge in [-0.2, -0.15) is 0 Å². The van der Waals surface area contributed by atoms with Gasteiger partial charge in [0.15, 0.2) is 34.6 Å². The normalized spacial score (nSPS) is 10.2. The van der Waals surface area contributed by atoms with Crippen LogP contribution in [0.25, 0.3) is 137 Å². The Labute approximate surface area is 676 Å². The molecule has 18 nitrogen and oxygen atoms in total. The third-order valence-corrected chi connectivity index (χ3v) is 16.1. The van der Waals surface area contributed by atoms with Gasteiger partial charge >= 0.3 is 58.4 Å². The number of para-hydroxylation sites is 6. The zero-order chi connectivity index (χ0) is 74.2. The summed E-state index contributed by atoms with van der Waals surface area (Å²) < 4.78 is 33.8. The fourth-order valence-corrected chi connectivity index (χ4v) is 10.7. The van der Waals surface area contributed by atoms with E-state index in [1.165, 1.54) is 36.4 Å². The van der Waals surface area contributed by atoms with Gasteiger partial charge in [-0.05, 0) is 0 Å². The van der Waals surface area contributed by atoms with Gasteiger partial charge in [-0.15, -0.1) is 0 Å². The summed E-state index contributed by atoms with van der Waals surface area (Å²) in [7, 11) is 0. The minimum absolute atomic E-state index is 0. The van der Waals surface area contributed by atoms with Crippen molar-refractivity contribution in [2.75, 3.05) is 0 Å². The molecule has 0 N–H and O–H groups in total. The van der Waals surface area contributed by atoms with Crippen LogP contribution in [0.2, 0.25) is 0 Å². The molecule has 0 saturated carbocycles. The average molecular weight is 1610 g/mol. The standard InChI is InChI=1S/6C15H11NO2.3Zn/c6*17-13-9-5-4-8-12(13)15-16-10-14(18-15)11-6-2-1-3-7-11;;;/h6*1-10,17H;;;/q;;;;;;3*+2/p-6. The van der Waals surface area contributed by atoms with Crippen LogP contribution in [-0.4, -0.2) is 29.9 Å². The van der Waals surface area contributed by atoms with Crippen molar-refractivity contribution in [2.24, 2.45) is 0 Å². The molecular weight excluding hydrogens is 1550 g/mol. The fraction of sp³-hybridized carbons (Fsp3) is 0. The molecule has 111 heavy (non-hydrogen) atoms. The Morgan fingerprint density at radius 1 is 0.153 bits per heavy atom. The summed E-state index contributed by atoms with van der Waals surface area (Å²) in [5.41, 5.74) is 8.58. The van der Waals surface area contributed by atoms with E-state index in [0.29, 0.717) is 103 Å². The van der Waals surface area contributed by atoms with Crippen LogP contribution in [-0.2, 0) is 58.4 Å². The van der Waals surface area contributed by atoms with Crippen LogP contribution >= 0.6 is 0 Å². The molecule has 528 valence electrons. The van der Waals surface area contributed by atoms with Gasteiger partial charge in [0.05, 0.1) is 37.2 Å². The minimum Gasteiger partial charge on any atom is -0.872 e. The predicted molar refractivity (Wildman–Crippen MR) is 401 cm³/mol. The third-order valence-electron chi connectivity index (χ3n) is 16.1. The van der Waals surface area contributed by atoms with Crippen molar-refractivity contribution < 1.29 is 116 Å². The molecule has 12 aromatic carbocycles. The van der Waals surface area contributed by atoms with Crippen LogP contribution in [0.5, 0.6) is 34.5 Å². The van der Waals surface area contributed by atoms with E-state index in [4.69, 9.17) is 26.5 Å². The van der Waals surface area contributed by atoms with E-state index in [0.717, 1.165) is 33.4 Å². The van der Waals surface area contributed by atoms with Crippen LogP contribution < -0.4 is 30.6 Å². The van der Waals surface area contributed by atoms with Crippen molar-refractivity contribution in [3.8, 4) is 171 Å².